The van der Waals surface area contributed by atoms with E-state index in [0.29, 0.717) is 10.8 Å². The van der Waals surface area contributed by atoms with Crippen molar-refractivity contribution in [3.63, 3.8) is 0 Å². The van der Waals surface area contributed by atoms with Crippen molar-refractivity contribution in [2.24, 2.45) is 16.7 Å². The van der Waals surface area contributed by atoms with E-state index >= 15 is 0 Å². The fourth-order valence-corrected chi connectivity index (χ4v) is 3.92. The molecule has 2 atom stereocenters. The SMILES string of the molecule is CCCNCC1(CN2CCC(C(C)(C)C)C2)CCCOC1. The van der Waals surface area contributed by atoms with Crippen LogP contribution in [0.3, 0.4) is 0 Å². The quantitative estimate of drug-likeness (QED) is 0.762. The molecule has 21 heavy (non-hydrogen) atoms. The third-order valence-corrected chi connectivity index (χ3v) is 5.39. The first-order valence-electron chi connectivity index (χ1n) is 8.96. The van der Waals surface area contributed by atoms with E-state index in [-0.39, 0.29) is 0 Å². The van der Waals surface area contributed by atoms with Gasteiger partial charge in [-0.25, -0.2) is 0 Å². The summed E-state index contributed by atoms with van der Waals surface area (Å²) in [6, 6.07) is 0. The number of nitrogens with zero attached hydrogens (tertiary/aromatic N) is 1. The molecule has 2 fully saturated rings. The number of hydrogen-bond donors (Lipinski definition) is 1. The first-order valence-corrected chi connectivity index (χ1v) is 8.96. The van der Waals surface area contributed by atoms with E-state index in [2.05, 4.69) is 37.9 Å². The molecule has 2 unspecified atom stereocenters. The Morgan fingerprint density at radius 2 is 2.14 bits per heavy atom. The molecule has 1 N–H and O–H groups in total. The molecule has 0 bridgehead atoms. The van der Waals surface area contributed by atoms with Gasteiger partial charge >= 0.3 is 0 Å². The van der Waals surface area contributed by atoms with Crippen molar-refractivity contribution >= 4 is 0 Å². The Morgan fingerprint density at radius 1 is 1.33 bits per heavy atom. The van der Waals surface area contributed by atoms with Crippen LogP contribution in [-0.4, -0.2) is 50.8 Å². The van der Waals surface area contributed by atoms with E-state index in [1.807, 2.05) is 0 Å². The molecule has 2 rings (SSSR count). The number of rotatable bonds is 6. The molecule has 2 aliphatic heterocycles. The molecule has 0 saturated carbocycles. The van der Waals surface area contributed by atoms with E-state index in [1.54, 1.807) is 0 Å². The third kappa shape index (κ3) is 4.94. The van der Waals surface area contributed by atoms with E-state index in [4.69, 9.17) is 4.74 Å². The Labute approximate surface area is 131 Å². The lowest BCUT2D eigenvalue weighted by molar-refractivity contribution is -0.0239. The summed E-state index contributed by atoms with van der Waals surface area (Å²) in [5, 5.41) is 3.65. The van der Waals surface area contributed by atoms with Crippen molar-refractivity contribution in [3.8, 4) is 0 Å². The third-order valence-electron chi connectivity index (χ3n) is 5.39. The molecule has 124 valence electrons. The molecular formula is C18H36N2O. The van der Waals surface area contributed by atoms with Crippen LogP contribution in [-0.2, 0) is 4.74 Å². The van der Waals surface area contributed by atoms with Crippen LogP contribution in [0.1, 0.15) is 53.4 Å². The topological polar surface area (TPSA) is 24.5 Å². The maximum Gasteiger partial charge on any atom is 0.0546 e. The first kappa shape index (κ1) is 17.2. The minimum atomic E-state index is 0.347. The van der Waals surface area contributed by atoms with Gasteiger partial charge in [0.25, 0.3) is 0 Å². The number of nitrogens with one attached hydrogen (secondary N) is 1. The number of ether oxygens (including phenoxy) is 1. The number of hydrogen-bond acceptors (Lipinski definition) is 3. The molecule has 0 aromatic carbocycles. The van der Waals surface area contributed by atoms with Crippen LogP contribution in [0.25, 0.3) is 0 Å². The van der Waals surface area contributed by atoms with Crippen molar-refractivity contribution in [2.45, 2.75) is 53.4 Å². The lowest BCUT2D eigenvalue weighted by Crippen LogP contribution is -2.48. The first-order chi connectivity index (χ1) is 9.95. The second kappa shape index (κ2) is 7.43. The Morgan fingerprint density at radius 3 is 2.71 bits per heavy atom. The van der Waals surface area contributed by atoms with Crippen molar-refractivity contribution < 1.29 is 4.74 Å². The van der Waals surface area contributed by atoms with Crippen LogP contribution in [0, 0.1) is 16.7 Å². The van der Waals surface area contributed by atoms with Gasteiger partial charge in [-0.2, -0.15) is 0 Å². The fourth-order valence-electron chi connectivity index (χ4n) is 3.92. The zero-order valence-electron chi connectivity index (χ0n) is 14.7. The molecule has 0 radical (unpaired) electrons. The maximum absolute atomic E-state index is 5.85. The lowest BCUT2D eigenvalue weighted by atomic mass is 9.80. The smallest absolute Gasteiger partial charge is 0.0546 e. The van der Waals surface area contributed by atoms with Gasteiger partial charge in [-0.1, -0.05) is 27.7 Å². The summed E-state index contributed by atoms with van der Waals surface area (Å²) < 4.78 is 5.85. The monoisotopic (exact) mass is 296 g/mol. The second-order valence-corrected chi connectivity index (χ2v) is 8.42. The van der Waals surface area contributed by atoms with E-state index in [0.717, 1.165) is 32.2 Å². The molecule has 0 spiro atoms. The highest BCUT2D eigenvalue weighted by Crippen LogP contribution is 2.36. The van der Waals surface area contributed by atoms with Crippen LogP contribution < -0.4 is 5.32 Å². The zero-order chi connectivity index (χ0) is 15.3. The molecular weight excluding hydrogens is 260 g/mol. The van der Waals surface area contributed by atoms with Gasteiger partial charge < -0.3 is 15.0 Å². The van der Waals surface area contributed by atoms with Crippen molar-refractivity contribution in [3.05, 3.63) is 0 Å². The lowest BCUT2D eigenvalue weighted by Gasteiger charge is -2.40. The van der Waals surface area contributed by atoms with Gasteiger partial charge in [-0.05, 0) is 50.1 Å². The minimum Gasteiger partial charge on any atom is -0.381 e. The molecule has 2 aliphatic rings. The zero-order valence-corrected chi connectivity index (χ0v) is 14.7. The average molecular weight is 296 g/mol. The van der Waals surface area contributed by atoms with Gasteiger partial charge in [0.15, 0.2) is 0 Å². The summed E-state index contributed by atoms with van der Waals surface area (Å²) in [4.78, 5) is 2.71. The van der Waals surface area contributed by atoms with E-state index in [9.17, 15) is 0 Å². The predicted molar refractivity (Wildman–Crippen MR) is 89.6 cm³/mol. The second-order valence-electron chi connectivity index (χ2n) is 8.42. The Kier molecular flexibility index (Phi) is 6.10. The normalized spacial score (nSPS) is 31.7. The highest BCUT2D eigenvalue weighted by molar-refractivity contribution is 4.91. The molecule has 0 amide bonds. The number of likely N-dealkylation sites (tertiary alicyclic amines) is 1. The summed E-state index contributed by atoms with van der Waals surface area (Å²) >= 11 is 0. The van der Waals surface area contributed by atoms with E-state index in [1.165, 1.54) is 45.3 Å². The summed E-state index contributed by atoms with van der Waals surface area (Å²) in [7, 11) is 0. The summed E-state index contributed by atoms with van der Waals surface area (Å²) in [5.74, 6) is 0.850. The maximum atomic E-state index is 5.85. The van der Waals surface area contributed by atoms with E-state index < -0.39 is 0 Å². The Hall–Kier alpha value is -0.120. The Bertz CT molecular complexity index is 305. The van der Waals surface area contributed by atoms with Gasteiger partial charge in [0.2, 0.25) is 0 Å². The van der Waals surface area contributed by atoms with Gasteiger partial charge in [-0.3, -0.25) is 0 Å². The van der Waals surface area contributed by atoms with Crippen molar-refractivity contribution in [1.29, 1.82) is 0 Å². The van der Waals surface area contributed by atoms with Crippen LogP contribution in [0.5, 0.6) is 0 Å². The predicted octanol–water partition coefficient (Wildman–Crippen LogP) is 3.15. The standard InChI is InChI=1S/C18H36N2O/c1-5-9-19-13-18(8-6-11-21-15-18)14-20-10-7-16(12-20)17(2,3)4/h16,19H,5-15H2,1-4H3. The highest BCUT2D eigenvalue weighted by Gasteiger charge is 2.38. The van der Waals surface area contributed by atoms with Crippen LogP contribution >= 0.6 is 0 Å². The van der Waals surface area contributed by atoms with Gasteiger partial charge in [0.05, 0.1) is 6.61 Å². The molecule has 3 nitrogen and oxygen atoms in total. The van der Waals surface area contributed by atoms with Crippen molar-refractivity contribution in [1.82, 2.24) is 10.2 Å². The minimum absolute atomic E-state index is 0.347. The van der Waals surface area contributed by atoms with Gasteiger partial charge in [-0.15, -0.1) is 0 Å². The molecule has 2 saturated heterocycles. The van der Waals surface area contributed by atoms with Crippen LogP contribution in [0.4, 0.5) is 0 Å². The molecule has 3 heteroatoms. The summed E-state index contributed by atoms with van der Waals surface area (Å²) in [6.45, 7) is 17.3. The van der Waals surface area contributed by atoms with Crippen molar-refractivity contribution in [2.75, 3.05) is 45.9 Å². The summed E-state index contributed by atoms with van der Waals surface area (Å²) in [6.07, 6.45) is 5.13. The van der Waals surface area contributed by atoms with Gasteiger partial charge in [0, 0.05) is 31.7 Å². The molecule has 0 aliphatic carbocycles. The largest absolute Gasteiger partial charge is 0.381 e. The Balaban J connectivity index is 1.90. The molecule has 0 aromatic heterocycles. The average Bonchev–Trinajstić information content (AvgIpc) is 2.88. The fraction of sp³-hybridized carbons (Fsp3) is 1.00. The van der Waals surface area contributed by atoms with Crippen LogP contribution in [0.2, 0.25) is 0 Å². The highest BCUT2D eigenvalue weighted by atomic mass is 16.5. The van der Waals surface area contributed by atoms with Crippen LogP contribution in [0.15, 0.2) is 0 Å². The van der Waals surface area contributed by atoms with Gasteiger partial charge in [0.1, 0.15) is 0 Å². The molecule has 0 aromatic rings. The summed E-state index contributed by atoms with van der Waals surface area (Å²) in [5.41, 5.74) is 0.797. The molecule has 2 heterocycles.